The smallest absolute Gasteiger partial charge is 0.383 e. The maximum absolute atomic E-state index is 13.0. The van der Waals surface area contributed by atoms with Gasteiger partial charge in [-0.05, 0) is 43.9 Å². The number of ether oxygens (including phenoxy) is 1. The zero-order valence-electron chi connectivity index (χ0n) is 18.4. The fraction of sp³-hybridized carbons (Fsp3) is 0.550. The lowest BCUT2D eigenvalue weighted by atomic mass is 9.79. The molecule has 194 valence electrons. The highest BCUT2D eigenvalue weighted by atomic mass is 32.2. The molecule has 2 aliphatic rings. The lowest BCUT2D eigenvalue weighted by molar-refractivity contribution is -0.182. The van der Waals surface area contributed by atoms with Crippen molar-refractivity contribution in [2.24, 2.45) is 16.2 Å². The number of rotatable bonds is 6. The maximum Gasteiger partial charge on any atom is 0.433 e. The lowest BCUT2D eigenvalue weighted by Gasteiger charge is -2.33. The Hall–Kier alpha value is -2.68. The van der Waals surface area contributed by atoms with Gasteiger partial charge < -0.3 is 10.1 Å². The molecular weight excluding hydrogens is 506 g/mol. The summed E-state index contributed by atoms with van der Waals surface area (Å²) in [5.41, 5.74) is -1.80. The van der Waals surface area contributed by atoms with Crippen LogP contribution in [0.1, 0.15) is 31.4 Å². The van der Waals surface area contributed by atoms with Gasteiger partial charge in [-0.3, -0.25) is 4.79 Å². The van der Waals surface area contributed by atoms with Crippen LogP contribution in [0.25, 0.3) is 0 Å². The summed E-state index contributed by atoms with van der Waals surface area (Å²) < 4.78 is 113. The van der Waals surface area contributed by atoms with Gasteiger partial charge in [0.25, 0.3) is 5.91 Å². The molecule has 1 aliphatic carbocycles. The van der Waals surface area contributed by atoms with Crippen molar-refractivity contribution in [2.45, 2.75) is 38.0 Å². The third-order valence-electron chi connectivity index (χ3n) is 5.67. The van der Waals surface area contributed by atoms with Crippen molar-refractivity contribution in [1.29, 1.82) is 0 Å². The summed E-state index contributed by atoms with van der Waals surface area (Å²) >= 11 is 0. The first kappa shape index (κ1) is 26.9. The molecule has 3 rings (SSSR count). The topological polar surface area (TPSA) is 101 Å². The second kappa shape index (κ2) is 10.1. The molecule has 1 aromatic heterocycles. The fourth-order valence-electron chi connectivity index (χ4n) is 3.89. The predicted octanol–water partition coefficient (Wildman–Crippen LogP) is 3.94. The fourth-order valence-corrected chi connectivity index (χ4v) is 5.14. The SMILES string of the molecule is COCCN1C(C(=O)Nc2cccc(C(F)(F)F)n2)=CC(C2CCC(C(F)(F)F)CC2)=NS1(=O)=O. The van der Waals surface area contributed by atoms with E-state index in [1.807, 2.05) is 0 Å². The molecule has 0 bridgehead atoms. The van der Waals surface area contributed by atoms with Crippen molar-refractivity contribution in [3.63, 3.8) is 0 Å². The zero-order valence-corrected chi connectivity index (χ0v) is 19.2. The first-order chi connectivity index (χ1) is 16.2. The number of aromatic nitrogens is 1. The highest BCUT2D eigenvalue weighted by molar-refractivity contribution is 7.88. The Morgan fingerprint density at radius 1 is 1.14 bits per heavy atom. The van der Waals surface area contributed by atoms with Gasteiger partial charge in [0, 0.05) is 13.0 Å². The number of halogens is 6. The van der Waals surface area contributed by atoms with Gasteiger partial charge in [0.15, 0.2) is 0 Å². The second-order valence-corrected chi connectivity index (χ2v) is 9.56. The van der Waals surface area contributed by atoms with Gasteiger partial charge in [-0.15, -0.1) is 4.40 Å². The van der Waals surface area contributed by atoms with Crippen LogP contribution in [-0.2, 0) is 25.9 Å². The molecule has 1 N–H and O–H groups in total. The first-order valence-electron chi connectivity index (χ1n) is 10.5. The van der Waals surface area contributed by atoms with Crippen LogP contribution in [0.15, 0.2) is 34.4 Å². The zero-order chi connectivity index (χ0) is 26.0. The first-order valence-corrected chi connectivity index (χ1v) is 11.9. The number of hydrogen-bond acceptors (Lipinski definition) is 5. The number of methoxy groups -OCH3 is 1. The number of anilines is 1. The van der Waals surface area contributed by atoms with Gasteiger partial charge in [-0.1, -0.05) is 6.07 Å². The second-order valence-electron chi connectivity index (χ2n) is 8.04. The average molecular weight is 528 g/mol. The monoisotopic (exact) mass is 528 g/mol. The summed E-state index contributed by atoms with van der Waals surface area (Å²) in [7, 11) is -3.17. The van der Waals surface area contributed by atoms with Gasteiger partial charge in [0.2, 0.25) is 0 Å². The number of hydrogen-bond donors (Lipinski definition) is 1. The van der Waals surface area contributed by atoms with Gasteiger partial charge in [-0.25, -0.2) is 9.29 Å². The number of alkyl halides is 6. The number of carbonyl (C=O) groups excluding carboxylic acids is 1. The molecule has 2 heterocycles. The standard InChI is InChI=1S/C20H22F6N4O4S/c1-34-10-9-30-15(18(31)28-17-4-2-3-16(27-17)20(24,25)26)11-14(29-35(30,32)33)12-5-7-13(8-6-12)19(21,22)23/h2-4,11-13H,5-10H2,1H3,(H,27,28,31). The third-order valence-corrected chi connectivity index (χ3v) is 7.05. The number of amides is 1. The van der Waals surface area contributed by atoms with Crippen molar-refractivity contribution in [3.05, 3.63) is 35.7 Å². The van der Waals surface area contributed by atoms with Crippen LogP contribution in [0.2, 0.25) is 0 Å². The van der Waals surface area contributed by atoms with E-state index in [-0.39, 0.29) is 44.5 Å². The van der Waals surface area contributed by atoms with Crippen LogP contribution < -0.4 is 5.32 Å². The Kier molecular flexibility index (Phi) is 7.79. The molecule has 1 amide bonds. The highest BCUT2D eigenvalue weighted by Crippen LogP contribution is 2.41. The summed E-state index contributed by atoms with van der Waals surface area (Å²) in [6, 6.07) is 2.82. The normalized spacial score (nSPS) is 22.9. The van der Waals surface area contributed by atoms with Crippen LogP contribution in [0.5, 0.6) is 0 Å². The molecule has 0 saturated heterocycles. The quantitative estimate of drug-likeness (QED) is 0.564. The van der Waals surface area contributed by atoms with E-state index < -0.39 is 57.5 Å². The Morgan fingerprint density at radius 3 is 2.37 bits per heavy atom. The minimum atomic E-state index is -4.77. The lowest BCUT2D eigenvalue weighted by Crippen LogP contribution is -2.41. The molecule has 1 saturated carbocycles. The molecular formula is C20H22F6N4O4S. The Morgan fingerprint density at radius 2 is 1.80 bits per heavy atom. The number of nitrogens with one attached hydrogen (secondary N) is 1. The average Bonchev–Trinajstić information content (AvgIpc) is 2.76. The van der Waals surface area contributed by atoms with Crippen LogP contribution in [0.4, 0.5) is 32.2 Å². The van der Waals surface area contributed by atoms with Crippen molar-refractivity contribution >= 4 is 27.6 Å². The van der Waals surface area contributed by atoms with E-state index in [1.54, 1.807) is 0 Å². The van der Waals surface area contributed by atoms with Crippen LogP contribution in [0.3, 0.4) is 0 Å². The predicted molar refractivity (Wildman–Crippen MR) is 112 cm³/mol. The van der Waals surface area contributed by atoms with E-state index in [1.165, 1.54) is 7.11 Å². The summed E-state index contributed by atoms with van der Waals surface area (Å²) in [6.07, 6.45) is -8.41. The van der Waals surface area contributed by atoms with Crippen LogP contribution >= 0.6 is 0 Å². The summed E-state index contributed by atoms with van der Waals surface area (Å²) in [4.78, 5) is 16.3. The molecule has 0 atom stereocenters. The van der Waals surface area contributed by atoms with Crippen molar-refractivity contribution < 1.29 is 44.3 Å². The van der Waals surface area contributed by atoms with E-state index >= 15 is 0 Å². The van der Waals surface area contributed by atoms with E-state index in [0.717, 1.165) is 18.2 Å². The molecule has 1 fully saturated rings. The van der Waals surface area contributed by atoms with Crippen molar-refractivity contribution in [1.82, 2.24) is 9.29 Å². The Bertz CT molecular complexity index is 1110. The number of allylic oxidation sites excluding steroid dienone is 1. The molecule has 1 aliphatic heterocycles. The van der Waals surface area contributed by atoms with Gasteiger partial charge >= 0.3 is 22.6 Å². The molecule has 15 heteroatoms. The van der Waals surface area contributed by atoms with Gasteiger partial charge in [0.05, 0.1) is 24.8 Å². The number of carbonyl (C=O) groups is 1. The van der Waals surface area contributed by atoms with Crippen LogP contribution in [0, 0.1) is 11.8 Å². The van der Waals surface area contributed by atoms with Crippen LogP contribution in [-0.4, -0.2) is 55.8 Å². The summed E-state index contributed by atoms with van der Waals surface area (Å²) in [5, 5.41) is 2.15. The van der Waals surface area contributed by atoms with Crippen molar-refractivity contribution in [3.8, 4) is 0 Å². The molecule has 8 nitrogen and oxygen atoms in total. The molecule has 0 spiro atoms. The molecule has 0 aromatic carbocycles. The number of nitrogens with zero attached hydrogens (tertiary/aromatic N) is 3. The molecule has 1 aromatic rings. The molecule has 0 radical (unpaired) electrons. The van der Waals surface area contributed by atoms with Gasteiger partial charge in [0.1, 0.15) is 17.2 Å². The van der Waals surface area contributed by atoms with E-state index in [2.05, 4.69) is 14.7 Å². The molecule has 35 heavy (non-hydrogen) atoms. The van der Waals surface area contributed by atoms with Gasteiger partial charge in [-0.2, -0.15) is 34.8 Å². The molecule has 0 unspecified atom stereocenters. The minimum absolute atomic E-state index is 0.0111. The minimum Gasteiger partial charge on any atom is -0.383 e. The van der Waals surface area contributed by atoms with E-state index in [0.29, 0.717) is 10.4 Å². The Balaban J connectivity index is 1.89. The van der Waals surface area contributed by atoms with Crippen molar-refractivity contribution in [2.75, 3.05) is 25.6 Å². The number of pyridine rings is 1. The highest BCUT2D eigenvalue weighted by Gasteiger charge is 2.43. The Labute approximate surface area is 197 Å². The largest absolute Gasteiger partial charge is 0.433 e. The maximum atomic E-state index is 13.0. The van der Waals surface area contributed by atoms with E-state index in [4.69, 9.17) is 4.74 Å². The summed E-state index contributed by atoms with van der Waals surface area (Å²) in [6.45, 7) is -0.459. The van der Waals surface area contributed by atoms with E-state index in [9.17, 15) is 39.6 Å². The third kappa shape index (κ3) is 6.51. The summed E-state index contributed by atoms with van der Waals surface area (Å²) in [5.74, 6) is -3.68.